The highest BCUT2D eigenvalue weighted by molar-refractivity contribution is 7.90. The molecule has 0 aromatic carbocycles. The second kappa shape index (κ2) is 5.93. The van der Waals surface area contributed by atoms with Crippen molar-refractivity contribution in [3.05, 3.63) is 30.1 Å². The molecule has 126 valence electrons. The summed E-state index contributed by atoms with van der Waals surface area (Å²) in [4.78, 5) is 16.3. The van der Waals surface area contributed by atoms with E-state index in [-0.39, 0.29) is 22.8 Å². The Morgan fingerprint density at radius 3 is 2.61 bits per heavy atom. The molecule has 1 amide bonds. The van der Waals surface area contributed by atoms with E-state index >= 15 is 0 Å². The third-order valence-corrected chi connectivity index (χ3v) is 4.47. The fraction of sp³-hybridized carbons (Fsp3) is 0.467. The van der Waals surface area contributed by atoms with Crippen molar-refractivity contribution in [1.29, 1.82) is 0 Å². The Hall–Kier alpha value is -1.93. The second-order valence-corrected chi connectivity index (χ2v) is 8.47. The Labute approximate surface area is 135 Å². The molecule has 0 saturated heterocycles. The number of aliphatic hydroxyl groups is 1. The first-order valence-corrected chi connectivity index (χ1v) is 9.04. The Morgan fingerprint density at radius 2 is 2.04 bits per heavy atom. The first-order chi connectivity index (χ1) is 10.5. The Kier molecular flexibility index (Phi) is 4.50. The van der Waals surface area contributed by atoms with Crippen LogP contribution in [0.3, 0.4) is 0 Å². The summed E-state index contributed by atoms with van der Waals surface area (Å²) in [6.45, 7) is 5.63. The third-order valence-electron chi connectivity index (χ3n) is 3.52. The lowest BCUT2D eigenvalue weighted by Gasteiger charge is -2.25. The Balaban J connectivity index is 2.35. The van der Waals surface area contributed by atoms with Gasteiger partial charge in [0.05, 0.1) is 11.6 Å². The molecule has 0 bridgehead atoms. The molecule has 2 aromatic heterocycles. The van der Waals surface area contributed by atoms with E-state index in [9.17, 15) is 18.3 Å². The molecule has 0 unspecified atom stereocenters. The van der Waals surface area contributed by atoms with Crippen LogP contribution in [0.2, 0.25) is 0 Å². The van der Waals surface area contributed by atoms with E-state index in [0.29, 0.717) is 5.52 Å². The molecule has 0 saturated carbocycles. The monoisotopic (exact) mass is 339 g/mol. The molecule has 2 rings (SSSR count). The number of nitrogens with zero attached hydrogens (tertiary/aromatic N) is 2. The molecule has 2 heterocycles. The molecule has 7 nitrogen and oxygen atoms in total. The number of carbonyl (C=O) groups is 1. The number of aliphatic hydroxyl groups excluding tert-OH is 1. The molecule has 0 aliphatic carbocycles. The van der Waals surface area contributed by atoms with Gasteiger partial charge in [-0.3, -0.25) is 9.20 Å². The summed E-state index contributed by atoms with van der Waals surface area (Å²) in [7, 11) is -3.57. The van der Waals surface area contributed by atoms with Gasteiger partial charge in [0.2, 0.25) is 15.0 Å². The number of pyridine rings is 1. The molecule has 2 N–H and O–H groups in total. The summed E-state index contributed by atoms with van der Waals surface area (Å²) in [6, 6.07) is 4.98. The van der Waals surface area contributed by atoms with E-state index in [1.807, 2.05) is 20.8 Å². The third kappa shape index (κ3) is 3.70. The van der Waals surface area contributed by atoms with Crippen LogP contribution in [0.25, 0.3) is 5.52 Å². The highest BCUT2D eigenvalue weighted by Crippen LogP contribution is 2.19. The van der Waals surface area contributed by atoms with Crippen LogP contribution in [-0.2, 0) is 9.84 Å². The minimum atomic E-state index is -3.57. The fourth-order valence-corrected chi connectivity index (χ4v) is 2.79. The van der Waals surface area contributed by atoms with Crippen LogP contribution in [0.5, 0.6) is 0 Å². The van der Waals surface area contributed by atoms with Crippen molar-refractivity contribution >= 4 is 21.3 Å². The van der Waals surface area contributed by atoms with Gasteiger partial charge in [0, 0.05) is 19.0 Å². The normalized spacial score (nSPS) is 14.0. The molecule has 8 heteroatoms. The largest absolute Gasteiger partial charge is 0.391 e. The zero-order chi connectivity index (χ0) is 17.4. The van der Waals surface area contributed by atoms with Crippen molar-refractivity contribution in [3.63, 3.8) is 0 Å². The number of hydrogen-bond acceptors (Lipinski definition) is 5. The molecule has 0 radical (unpaired) electrons. The lowest BCUT2D eigenvalue weighted by atomic mass is 9.89. The number of fused-ring (bicyclic) bond motifs is 1. The highest BCUT2D eigenvalue weighted by Gasteiger charge is 2.25. The Bertz CT molecular complexity index is 834. The summed E-state index contributed by atoms with van der Waals surface area (Å²) >= 11 is 0. The number of hydrogen-bond donors (Lipinski definition) is 2. The average Bonchev–Trinajstić information content (AvgIpc) is 2.83. The maximum atomic E-state index is 12.3. The fourth-order valence-electron chi connectivity index (χ4n) is 2.02. The number of amides is 1. The average molecular weight is 339 g/mol. The quantitative estimate of drug-likeness (QED) is 0.861. The molecule has 0 spiro atoms. The van der Waals surface area contributed by atoms with Crippen molar-refractivity contribution < 1.29 is 18.3 Å². The minimum absolute atomic E-state index is 0.0205. The van der Waals surface area contributed by atoms with Crippen molar-refractivity contribution in [2.24, 2.45) is 5.41 Å². The van der Waals surface area contributed by atoms with Gasteiger partial charge in [-0.25, -0.2) is 13.4 Å². The number of rotatable bonds is 4. The topological polar surface area (TPSA) is 101 Å². The lowest BCUT2D eigenvalue weighted by Crippen LogP contribution is -2.39. The van der Waals surface area contributed by atoms with Gasteiger partial charge in [0.1, 0.15) is 0 Å². The molecule has 0 fully saturated rings. The van der Waals surface area contributed by atoms with E-state index in [2.05, 4.69) is 10.3 Å². The maximum Gasteiger partial charge on any atom is 0.272 e. The lowest BCUT2D eigenvalue weighted by molar-refractivity contribution is 0.0586. The first-order valence-electron chi connectivity index (χ1n) is 7.15. The van der Waals surface area contributed by atoms with Crippen LogP contribution in [0.1, 0.15) is 31.3 Å². The summed E-state index contributed by atoms with van der Waals surface area (Å²) in [5.74, 6) is -0.521. The molecular formula is C15H21N3O4S. The summed E-state index contributed by atoms with van der Waals surface area (Å²) in [6.07, 6.45) is 1.86. The SMILES string of the molecule is CC(C)(C)[C@H](O)CNC(=O)c1nc(S(C)(=O)=O)n2ccccc12. The number of sulfone groups is 1. The number of imidazole rings is 1. The van der Waals surface area contributed by atoms with Crippen LogP contribution >= 0.6 is 0 Å². The summed E-state index contributed by atoms with van der Waals surface area (Å²) < 4.78 is 25.0. The van der Waals surface area contributed by atoms with E-state index in [1.165, 1.54) is 4.40 Å². The molecule has 0 aliphatic rings. The van der Waals surface area contributed by atoms with Crippen molar-refractivity contribution in [3.8, 4) is 0 Å². The van der Waals surface area contributed by atoms with Gasteiger partial charge < -0.3 is 10.4 Å². The van der Waals surface area contributed by atoms with Crippen molar-refractivity contribution in [2.45, 2.75) is 32.0 Å². The van der Waals surface area contributed by atoms with E-state index < -0.39 is 21.8 Å². The predicted molar refractivity (Wildman–Crippen MR) is 86.1 cm³/mol. The molecule has 0 aliphatic heterocycles. The number of nitrogens with one attached hydrogen (secondary N) is 1. The predicted octanol–water partition coefficient (Wildman–Crippen LogP) is 0.875. The summed E-state index contributed by atoms with van der Waals surface area (Å²) in [5.41, 5.74) is 0.0457. The van der Waals surface area contributed by atoms with Crippen molar-refractivity contribution in [1.82, 2.24) is 14.7 Å². The van der Waals surface area contributed by atoms with E-state index in [0.717, 1.165) is 6.26 Å². The van der Waals surface area contributed by atoms with Crippen LogP contribution in [-0.4, -0.2) is 47.7 Å². The van der Waals surface area contributed by atoms with Gasteiger partial charge in [0.25, 0.3) is 5.91 Å². The zero-order valence-corrected chi connectivity index (χ0v) is 14.4. The van der Waals surface area contributed by atoms with Crippen LogP contribution < -0.4 is 5.32 Å². The smallest absolute Gasteiger partial charge is 0.272 e. The minimum Gasteiger partial charge on any atom is -0.391 e. The van der Waals surface area contributed by atoms with E-state index in [1.54, 1.807) is 24.4 Å². The van der Waals surface area contributed by atoms with Gasteiger partial charge in [-0.2, -0.15) is 0 Å². The second-order valence-electron chi connectivity index (χ2n) is 6.56. The van der Waals surface area contributed by atoms with Crippen LogP contribution in [0, 0.1) is 5.41 Å². The standard InChI is InChI=1S/C15H21N3O4S/c1-15(2,3)11(19)9-16-13(20)12-10-7-5-6-8-18(10)14(17-12)23(4,21)22/h5-8,11,19H,9H2,1-4H3,(H,16,20)/t11-/m1/s1. The maximum absolute atomic E-state index is 12.3. The highest BCUT2D eigenvalue weighted by atomic mass is 32.2. The molecule has 2 aromatic rings. The molecule has 23 heavy (non-hydrogen) atoms. The Morgan fingerprint density at radius 1 is 1.39 bits per heavy atom. The van der Waals surface area contributed by atoms with Gasteiger partial charge in [-0.05, 0) is 17.5 Å². The van der Waals surface area contributed by atoms with Crippen LogP contribution in [0.15, 0.2) is 29.6 Å². The van der Waals surface area contributed by atoms with Gasteiger partial charge in [-0.15, -0.1) is 0 Å². The van der Waals surface area contributed by atoms with Gasteiger partial charge >= 0.3 is 0 Å². The number of aromatic nitrogens is 2. The van der Waals surface area contributed by atoms with E-state index in [4.69, 9.17) is 0 Å². The van der Waals surface area contributed by atoms with Crippen LogP contribution in [0.4, 0.5) is 0 Å². The molecular weight excluding hydrogens is 318 g/mol. The van der Waals surface area contributed by atoms with Gasteiger partial charge in [0.15, 0.2) is 5.69 Å². The zero-order valence-electron chi connectivity index (χ0n) is 13.6. The first kappa shape index (κ1) is 17.4. The van der Waals surface area contributed by atoms with Crippen molar-refractivity contribution in [2.75, 3.05) is 12.8 Å². The number of carbonyl (C=O) groups excluding carboxylic acids is 1. The van der Waals surface area contributed by atoms with Gasteiger partial charge in [-0.1, -0.05) is 26.8 Å². The summed E-state index contributed by atoms with van der Waals surface area (Å²) in [5, 5.41) is 12.4. The molecule has 1 atom stereocenters.